The van der Waals surface area contributed by atoms with Crippen LogP contribution in [0.2, 0.25) is 5.02 Å². The van der Waals surface area contributed by atoms with E-state index in [-0.39, 0.29) is 12.3 Å². The highest BCUT2D eigenvalue weighted by Gasteiger charge is 2.10. The zero-order chi connectivity index (χ0) is 14.7. The molecule has 1 amide bonds. The number of amides is 1. The maximum Gasteiger partial charge on any atom is 0.228 e. The molecule has 2 aromatic rings. The molecule has 0 aliphatic carbocycles. The van der Waals surface area contributed by atoms with Crippen molar-refractivity contribution in [1.82, 2.24) is 0 Å². The van der Waals surface area contributed by atoms with E-state index in [0.29, 0.717) is 5.02 Å². The van der Waals surface area contributed by atoms with Crippen molar-refractivity contribution in [1.29, 1.82) is 0 Å². The van der Waals surface area contributed by atoms with Crippen molar-refractivity contribution in [3.63, 3.8) is 0 Å². The molecule has 0 radical (unpaired) electrons. The van der Waals surface area contributed by atoms with Gasteiger partial charge in [0.15, 0.2) is 0 Å². The van der Waals surface area contributed by atoms with Gasteiger partial charge in [0.2, 0.25) is 5.91 Å². The Bertz CT molecular complexity index is 626. The SMILES string of the molecule is Cc1cc(C)c(NC(=O)Cc2ccccc2Cl)c(C)c1. The fourth-order valence-corrected chi connectivity index (χ4v) is 2.58. The molecule has 0 aromatic heterocycles. The smallest absolute Gasteiger partial charge is 0.228 e. The van der Waals surface area contributed by atoms with Crippen molar-refractivity contribution < 1.29 is 4.79 Å². The van der Waals surface area contributed by atoms with E-state index < -0.39 is 0 Å². The molecule has 0 saturated carbocycles. The fourth-order valence-electron chi connectivity index (χ4n) is 2.38. The summed E-state index contributed by atoms with van der Waals surface area (Å²) in [6.45, 7) is 6.06. The molecule has 0 atom stereocenters. The van der Waals surface area contributed by atoms with E-state index in [1.54, 1.807) is 6.07 Å². The van der Waals surface area contributed by atoms with Crippen LogP contribution < -0.4 is 5.32 Å². The van der Waals surface area contributed by atoms with Gasteiger partial charge in [0, 0.05) is 10.7 Å². The minimum absolute atomic E-state index is 0.0480. The van der Waals surface area contributed by atoms with Crippen LogP contribution in [0.4, 0.5) is 5.69 Å². The molecule has 0 aliphatic heterocycles. The van der Waals surface area contributed by atoms with Gasteiger partial charge < -0.3 is 5.32 Å². The molecule has 20 heavy (non-hydrogen) atoms. The number of carbonyl (C=O) groups is 1. The molecule has 0 spiro atoms. The second kappa shape index (κ2) is 6.10. The van der Waals surface area contributed by atoms with Crippen LogP contribution in [0, 0.1) is 20.8 Å². The molecular weight excluding hydrogens is 270 g/mol. The summed E-state index contributed by atoms with van der Waals surface area (Å²) in [5.41, 5.74) is 5.09. The molecule has 2 nitrogen and oxygen atoms in total. The Kier molecular flexibility index (Phi) is 4.46. The lowest BCUT2D eigenvalue weighted by Gasteiger charge is -2.13. The van der Waals surface area contributed by atoms with Gasteiger partial charge >= 0.3 is 0 Å². The summed E-state index contributed by atoms with van der Waals surface area (Å²) in [5, 5.41) is 3.61. The van der Waals surface area contributed by atoms with Gasteiger partial charge in [0.05, 0.1) is 6.42 Å². The highest BCUT2D eigenvalue weighted by atomic mass is 35.5. The monoisotopic (exact) mass is 287 g/mol. The summed E-state index contributed by atoms with van der Waals surface area (Å²) in [6, 6.07) is 11.6. The number of anilines is 1. The zero-order valence-electron chi connectivity index (χ0n) is 12.0. The van der Waals surface area contributed by atoms with E-state index in [1.807, 2.05) is 32.0 Å². The van der Waals surface area contributed by atoms with Crippen molar-refractivity contribution >= 4 is 23.2 Å². The summed E-state index contributed by atoms with van der Waals surface area (Å²) in [6.07, 6.45) is 0.284. The molecule has 0 fully saturated rings. The van der Waals surface area contributed by atoms with E-state index in [4.69, 9.17) is 11.6 Å². The lowest BCUT2D eigenvalue weighted by atomic mass is 10.0. The first kappa shape index (κ1) is 14.6. The predicted octanol–water partition coefficient (Wildman–Crippen LogP) is 4.45. The molecule has 2 aromatic carbocycles. The quantitative estimate of drug-likeness (QED) is 0.888. The van der Waals surface area contributed by atoms with Crippen LogP contribution in [-0.2, 0) is 11.2 Å². The molecule has 0 bridgehead atoms. The highest BCUT2D eigenvalue weighted by Crippen LogP contribution is 2.23. The van der Waals surface area contributed by atoms with Gasteiger partial charge in [-0.1, -0.05) is 47.5 Å². The van der Waals surface area contributed by atoms with Crippen molar-refractivity contribution in [2.45, 2.75) is 27.2 Å². The number of rotatable bonds is 3. The van der Waals surface area contributed by atoms with Crippen molar-refractivity contribution in [3.05, 3.63) is 63.7 Å². The Morgan fingerprint density at radius 3 is 2.30 bits per heavy atom. The van der Waals surface area contributed by atoms with Gasteiger partial charge in [-0.15, -0.1) is 0 Å². The molecule has 2 rings (SSSR count). The summed E-state index contributed by atoms with van der Waals surface area (Å²) < 4.78 is 0. The lowest BCUT2D eigenvalue weighted by Crippen LogP contribution is -2.16. The number of hydrogen-bond acceptors (Lipinski definition) is 1. The molecule has 0 heterocycles. The summed E-state index contributed by atoms with van der Waals surface area (Å²) in [4.78, 5) is 12.2. The normalized spacial score (nSPS) is 10.4. The molecule has 0 aliphatic rings. The lowest BCUT2D eigenvalue weighted by molar-refractivity contribution is -0.115. The van der Waals surface area contributed by atoms with E-state index in [9.17, 15) is 4.79 Å². The second-order valence-corrected chi connectivity index (χ2v) is 5.50. The number of hydrogen-bond donors (Lipinski definition) is 1. The Hall–Kier alpha value is -1.80. The Balaban J connectivity index is 2.15. The largest absolute Gasteiger partial charge is 0.325 e. The maximum atomic E-state index is 12.2. The third-order valence-electron chi connectivity index (χ3n) is 3.25. The third-order valence-corrected chi connectivity index (χ3v) is 3.62. The van der Waals surface area contributed by atoms with Crippen LogP contribution in [0.1, 0.15) is 22.3 Å². The molecule has 0 saturated heterocycles. The Morgan fingerprint density at radius 2 is 1.70 bits per heavy atom. The van der Waals surface area contributed by atoms with Crippen molar-refractivity contribution in [2.24, 2.45) is 0 Å². The highest BCUT2D eigenvalue weighted by molar-refractivity contribution is 6.31. The van der Waals surface area contributed by atoms with Crippen molar-refractivity contribution in [3.8, 4) is 0 Å². The van der Waals surface area contributed by atoms with E-state index >= 15 is 0 Å². The molecule has 3 heteroatoms. The molecule has 1 N–H and O–H groups in total. The first-order valence-electron chi connectivity index (χ1n) is 6.58. The van der Waals surface area contributed by atoms with Crippen LogP contribution in [-0.4, -0.2) is 5.91 Å². The minimum Gasteiger partial charge on any atom is -0.325 e. The van der Waals surface area contributed by atoms with Crippen LogP contribution in [0.25, 0.3) is 0 Å². The molecular formula is C17H18ClNO. The van der Waals surface area contributed by atoms with E-state index in [2.05, 4.69) is 24.4 Å². The standard InChI is InChI=1S/C17H18ClNO/c1-11-8-12(2)17(13(3)9-11)19-16(20)10-14-6-4-5-7-15(14)18/h4-9H,10H2,1-3H3,(H,19,20). The summed E-state index contributed by atoms with van der Waals surface area (Å²) in [7, 11) is 0. The number of carbonyl (C=O) groups excluding carboxylic acids is 1. The van der Waals surface area contributed by atoms with Gasteiger partial charge in [-0.3, -0.25) is 4.79 Å². The Morgan fingerprint density at radius 1 is 1.10 bits per heavy atom. The van der Waals surface area contributed by atoms with Crippen LogP contribution in [0.15, 0.2) is 36.4 Å². The number of nitrogens with one attached hydrogen (secondary N) is 1. The molecule has 0 unspecified atom stereocenters. The van der Waals surface area contributed by atoms with Crippen LogP contribution >= 0.6 is 11.6 Å². The maximum absolute atomic E-state index is 12.2. The van der Waals surface area contributed by atoms with Gasteiger partial charge in [-0.05, 0) is 43.5 Å². The number of benzene rings is 2. The minimum atomic E-state index is -0.0480. The van der Waals surface area contributed by atoms with E-state index in [1.165, 1.54) is 5.56 Å². The molecule has 104 valence electrons. The zero-order valence-corrected chi connectivity index (χ0v) is 12.7. The second-order valence-electron chi connectivity index (χ2n) is 5.09. The van der Waals surface area contributed by atoms with Gasteiger partial charge in [0.25, 0.3) is 0 Å². The number of halogens is 1. The van der Waals surface area contributed by atoms with Gasteiger partial charge in [-0.25, -0.2) is 0 Å². The first-order chi connectivity index (χ1) is 9.47. The Labute approximate surface area is 124 Å². The van der Waals surface area contributed by atoms with Crippen molar-refractivity contribution in [2.75, 3.05) is 5.32 Å². The first-order valence-corrected chi connectivity index (χ1v) is 6.96. The van der Waals surface area contributed by atoms with Gasteiger partial charge in [-0.2, -0.15) is 0 Å². The predicted molar refractivity (Wildman–Crippen MR) is 84.4 cm³/mol. The summed E-state index contributed by atoms with van der Waals surface area (Å²) in [5.74, 6) is -0.0480. The average Bonchev–Trinajstić information content (AvgIpc) is 2.36. The third kappa shape index (κ3) is 3.40. The fraction of sp³-hybridized carbons (Fsp3) is 0.235. The van der Waals surface area contributed by atoms with Gasteiger partial charge in [0.1, 0.15) is 0 Å². The van der Waals surface area contributed by atoms with Crippen LogP contribution in [0.3, 0.4) is 0 Å². The summed E-state index contributed by atoms with van der Waals surface area (Å²) >= 11 is 6.07. The topological polar surface area (TPSA) is 29.1 Å². The van der Waals surface area contributed by atoms with E-state index in [0.717, 1.165) is 22.4 Å². The van der Waals surface area contributed by atoms with Crippen LogP contribution in [0.5, 0.6) is 0 Å². The average molecular weight is 288 g/mol. The number of aryl methyl sites for hydroxylation is 3.